The van der Waals surface area contributed by atoms with Crippen LogP contribution in [-0.2, 0) is 6.54 Å². The Morgan fingerprint density at radius 3 is 2.74 bits per heavy atom. The number of rotatable bonds is 2. The van der Waals surface area contributed by atoms with Crippen molar-refractivity contribution in [2.45, 2.75) is 12.5 Å². The van der Waals surface area contributed by atoms with Gasteiger partial charge in [-0.15, -0.1) is 0 Å². The molecule has 0 spiro atoms. The van der Waals surface area contributed by atoms with Gasteiger partial charge in [0, 0.05) is 34.7 Å². The molecule has 2 aromatic carbocycles. The Morgan fingerprint density at radius 2 is 2.00 bits per heavy atom. The molecule has 0 saturated heterocycles. The molecule has 1 aliphatic heterocycles. The number of hydrogen-bond acceptors (Lipinski definition) is 2. The van der Waals surface area contributed by atoms with Crippen LogP contribution in [0.4, 0.5) is 10.5 Å². The Labute approximate surface area is 144 Å². The summed E-state index contributed by atoms with van der Waals surface area (Å²) >= 11 is 12.6. The summed E-state index contributed by atoms with van der Waals surface area (Å²) in [5, 5.41) is 12.8. The minimum Gasteiger partial charge on any atom is -0.465 e. The molecular formula is C17H16Cl2N2O2. The molecule has 2 N–H and O–H groups in total. The zero-order chi connectivity index (χ0) is 16.6. The van der Waals surface area contributed by atoms with E-state index < -0.39 is 6.09 Å². The molecule has 0 radical (unpaired) electrons. The third-order valence-corrected chi connectivity index (χ3v) is 4.63. The monoisotopic (exact) mass is 350 g/mol. The second-order valence-electron chi connectivity index (χ2n) is 5.72. The Balaban J connectivity index is 2.14. The molecule has 0 aromatic heterocycles. The summed E-state index contributed by atoms with van der Waals surface area (Å²) < 4.78 is 0. The van der Waals surface area contributed by atoms with E-state index in [2.05, 4.69) is 10.2 Å². The van der Waals surface area contributed by atoms with Gasteiger partial charge >= 0.3 is 6.09 Å². The highest BCUT2D eigenvalue weighted by molar-refractivity contribution is 6.35. The van der Waals surface area contributed by atoms with Gasteiger partial charge in [0.1, 0.15) is 0 Å². The van der Waals surface area contributed by atoms with E-state index in [9.17, 15) is 4.79 Å². The van der Waals surface area contributed by atoms with E-state index in [4.69, 9.17) is 28.3 Å². The van der Waals surface area contributed by atoms with Gasteiger partial charge < -0.3 is 10.0 Å². The van der Waals surface area contributed by atoms with Crippen LogP contribution in [0.2, 0.25) is 10.0 Å². The summed E-state index contributed by atoms with van der Waals surface area (Å²) in [6.07, 6.45) is -1.08. The van der Waals surface area contributed by atoms with Crippen LogP contribution in [0.25, 0.3) is 0 Å². The summed E-state index contributed by atoms with van der Waals surface area (Å²) in [7, 11) is 2.02. The number of nitrogens with one attached hydrogen (secondary N) is 1. The lowest BCUT2D eigenvalue weighted by Gasteiger charge is -2.34. The van der Waals surface area contributed by atoms with Crippen molar-refractivity contribution in [3.8, 4) is 0 Å². The van der Waals surface area contributed by atoms with Crippen LogP contribution in [0, 0.1) is 0 Å². The molecule has 4 nitrogen and oxygen atoms in total. The van der Waals surface area contributed by atoms with Gasteiger partial charge in [0.15, 0.2) is 0 Å². The first-order chi connectivity index (χ1) is 11.0. The van der Waals surface area contributed by atoms with Gasteiger partial charge in [-0.1, -0.05) is 41.4 Å². The largest absolute Gasteiger partial charge is 0.465 e. The second-order valence-corrected chi connectivity index (χ2v) is 6.57. The van der Waals surface area contributed by atoms with Crippen LogP contribution in [0.15, 0.2) is 36.4 Å². The molecule has 3 rings (SSSR count). The zero-order valence-corrected chi connectivity index (χ0v) is 14.0. The molecule has 0 bridgehead atoms. The van der Waals surface area contributed by atoms with Gasteiger partial charge in [0.25, 0.3) is 0 Å². The van der Waals surface area contributed by atoms with E-state index in [1.165, 1.54) is 0 Å². The first kappa shape index (κ1) is 16.1. The first-order valence-electron chi connectivity index (χ1n) is 7.21. The van der Waals surface area contributed by atoms with E-state index in [1.54, 1.807) is 12.1 Å². The Kier molecular flexibility index (Phi) is 4.48. The number of hydrogen-bond donors (Lipinski definition) is 2. The molecule has 23 heavy (non-hydrogen) atoms. The van der Waals surface area contributed by atoms with Crippen LogP contribution in [-0.4, -0.2) is 29.7 Å². The number of benzene rings is 2. The average Bonchev–Trinajstić information content (AvgIpc) is 2.47. The first-order valence-corrected chi connectivity index (χ1v) is 7.96. The molecule has 1 aliphatic rings. The van der Waals surface area contributed by atoms with E-state index in [1.807, 2.05) is 31.3 Å². The molecule has 0 saturated carbocycles. The number of anilines is 1. The summed E-state index contributed by atoms with van der Waals surface area (Å²) in [5.41, 5.74) is 3.60. The number of para-hydroxylation sites is 1. The molecule has 0 fully saturated rings. The molecule has 1 atom stereocenters. The van der Waals surface area contributed by atoms with Gasteiger partial charge in [-0.05, 0) is 41.9 Å². The van der Waals surface area contributed by atoms with Crippen molar-refractivity contribution in [2.75, 3.05) is 18.9 Å². The fraction of sp³-hybridized carbons (Fsp3) is 0.235. The van der Waals surface area contributed by atoms with Gasteiger partial charge in [-0.3, -0.25) is 5.32 Å². The van der Waals surface area contributed by atoms with E-state index in [-0.39, 0.29) is 5.92 Å². The lowest BCUT2D eigenvalue weighted by Crippen LogP contribution is -2.31. The fourth-order valence-corrected chi connectivity index (χ4v) is 3.71. The number of carbonyl (C=O) groups is 1. The lowest BCUT2D eigenvalue weighted by molar-refractivity contribution is 0.209. The Hall–Kier alpha value is -1.75. The van der Waals surface area contributed by atoms with Crippen molar-refractivity contribution < 1.29 is 9.90 Å². The second kappa shape index (κ2) is 6.40. The maximum Gasteiger partial charge on any atom is 0.409 e. The van der Waals surface area contributed by atoms with Crippen molar-refractivity contribution in [1.29, 1.82) is 0 Å². The standard InChI is InChI=1S/C17H16Cl2N2O2/c1-21-8-13(11-4-2-3-5-16(11)20-17(22)23)12-6-10(18)7-15(19)14(12)9-21/h2-7,13,20H,8-9H2,1H3,(H,22,23)/t13-/m0/s1. The Bertz CT molecular complexity index is 764. The lowest BCUT2D eigenvalue weighted by atomic mass is 9.84. The van der Waals surface area contributed by atoms with Crippen molar-refractivity contribution in [3.05, 3.63) is 63.1 Å². The third kappa shape index (κ3) is 3.29. The zero-order valence-electron chi connectivity index (χ0n) is 12.5. The summed E-state index contributed by atoms with van der Waals surface area (Å²) in [4.78, 5) is 13.2. The predicted octanol–water partition coefficient (Wildman–Crippen LogP) is 4.66. The topological polar surface area (TPSA) is 52.6 Å². The van der Waals surface area contributed by atoms with E-state index in [0.717, 1.165) is 29.8 Å². The molecule has 1 amide bonds. The van der Waals surface area contributed by atoms with Crippen molar-refractivity contribution >= 4 is 35.0 Å². The highest BCUT2D eigenvalue weighted by Gasteiger charge is 2.28. The molecule has 2 aromatic rings. The molecule has 1 heterocycles. The minimum absolute atomic E-state index is 0.00278. The van der Waals surface area contributed by atoms with Gasteiger partial charge in [-0.2, -0.15) is 0 Å². The van der Waals surface area contributed by atoms with Gasteiger partial charge in [0.2, 0.25) is 0 Å². The number of likely N-dealkylation sites (N-methyl/N-ethyl adjacent to an activating group) is 1. The van der Waals surface area contributed by atoms with Crippen LogP contribution < -0.4 is 5.32 Å². The molecular weight excluding hydrogens is 335 g/mol. The molecule has 6 heteroatoms. The molecule has 0 unspecified atom stereocenters. The number of fused-ring (bicyclic) bond motifs is 1. The minimum atomic E-state index is -1.08. The van der Waals surface area contributed by atoms with E-state index in [0.29, 0.717) is 15.7 Å². The number of nitrogens with zero attached hydrogens (tertiary/aromatic N) is 1. The average molecular weight is 351 g/mol. The summed E-state index contributed by atoms with van der Waals surface area (Å²) in [6, 6.07) is 11.1. The summed E-state index contributed by atoms with van der Waals surface area (Å²) in [5.74, 6) is 0.00278. The quantitative estimate of drug-likeness (QED) is 0.827. The predicted molar refractivity (Wildman–Crippen MR) is 92.7 cm³/mol. The van der Waals surface area contributed by atoms with Gasteiger partial charge in [-0.25, -0.2) is 4.79 Å². The molecule has 120 valence electrons. The third-order valence-electron chi connectivity index (χ3n) is 4.07. The van der Waals surface area contributed by atoms with Crippen molar-refractivity contribution in [3.63, 3.8) is 0 Å². The fourth-order valence-electron chi connectivity index (χ4n) is 3.14. The summed E-state index contributed by atoms with van der Waals surface area (Å²) in [6.45, 7) is 1.51. The van der Waals surface area contributed by atoms with Crippen LogP contribution >= 0.6 is 23.2 Å². The van der Waals surface area contributed by atoms with Crippen LogP contribution in [0.5, 0.6) is 0 Å². The molecule has 0 aliphatic carbocycles. The maximum atomic E-state index is 11.1. The number of carboxylic acid groups (broad SMARTS) is 1. The number of halogens is 2. The normalized spacial score (nSPS) is 17.6. The Morgan fingerprint density at radius 1 is 1.26 bits per heavy atom. The van der Waals surface area contributed by atoms with Crippen molar-refractivity contribution in [2.24, 2.45) is 0 Å². The highest BCUT2D eigenvalue weighted by atomic mass is 35.5. The van der Waals surface area contributed by atoms with Crippen molar-refractivity contribution in [1.82, 2.24) is 4.90 Å². The smallest absolute Gasteiger partial charge is 0.409 e. The SMILES string of the molecule is CN1Cc2c(Cl)cc(Cl)cc2[C@H](c2ccccc2NC(=O)O)C1. The maximum absolute atomic E-state index is 11.1. The van der Waals surface area contributed by atoms with Gasteiger partial charge in [0.05, 0.1) is 0 Å². The van der Waals surface area contributed by atoms with Crippen LogP contribution in [0.1, 0.15) is 22.6 Å². The van der Waals surface area contributed by atoms with Crippen LogP contribution in [0.3, 0.4) is 0 Å². The highest BCUT2D eigenvalue weighted by Crippen LogP contribution is 2.40. The van der Waals surface area contributed by atoms with E-state index >= 15 is 0 Å². The number of amides is 1.